The number of aryl methyl sites for hydroxylation is 1. The van der Waals surface area contributed by atoms with E-state index in [2.05, 4.69) is 31.8 Å². The minimum atomic E-state index is 0.734. The van der Waals surface area contributed by atoms with Crippen molar-refractivity contribution in [3.05, 3.63) is 12.2 Å². The Bertz CT molecular complexity index is 533. The second kappa shape index (κ2) is 3.98. The Hall–Kier alpha value is -1.65. The van der Waals surface area contributed by atoms with Gasteiger partial charge in [0.2, 0.25) is 0 Å². The number of rotatable bonds is 1. The summed E-state index contributed by atoms with van der Waals surface area (Å²) in [5.74, 6) is 2.63. The maximum absolute atomic E-state index is 4.42. The van der Waals surface area contributed by atoms with E-state index in [1.165, 1.54) is 12.8 Å². The number of fused-ring (bicyclic) bond motifs is 1. The van der Waals surface area contributed by atoms with Crippen LogP contribution in [-0.4, -0.2) is 33.0 Å². The largest absolute Gasteiger partial charge is 0.354 e. The lowest BCUT2D eigenvalue weighted by Crippen LogP contribution is -2.35. The third-order valence-electron chi connectivity index (χ3n) is 3.34. The molecule has 5 heteroatoms. The van der Waals surface area contributed by atoms with E-state index in [4.69, 9.17) is 0 Å². The van der Waals surface area contributed by atoms with Crippen LogP contribution in [0.5, 0.6) is 0 Å². The third-order valence-corrected chi connectivity index (χ3v) is 3.34. The maximum atomic E-state index is 4.42. The Kier molecular flexibility index (Phi) is 2.46. The van der Waals surface area contributed by atoms with E-state index < -0.39 is 0 Å². The monoisotopic (exact) mass is 231 g/mol. The van der Waals surface area contributed by atoms with Crippen LogP contribution in [-0.2, 0) is 0 Å². The quantitative estimate of drug-likeness (QED) is 0.814. The van der Waals surface area contributed by atoms with E-state index >= 15 is 0 Å². The number of H-pyrrole nitrogens is 1. The molecule has 1 saturated heterocycles. The summed E-state index contributed by atoms with van der Waals surface area (Å²) in [6, 6.07) is 0. The second-order valence-corrected chi connectivity index (χ2v) is 4.91. The Balaban J connectivity index is 2.04. The van der Waals surface area contributed by atoms with Gasteiger partial charge in [-0.3, -0.25) is 0 Å². The fraction of sp³-hybridized carbons (Fsp3) is 0.583. The standard InChI is InChI=1S/C12H17N5/c1-8-4-3-5-17(6-8)12-10-11(13-7-14-12)16-9(2)15-10/h7-8H,3-6H2,1-2H3,(H,13,14,15,16). The summed E-state index contributed by atoms with van der Waals surface area (Å²) in [5, 5.41) is 0. The summed E-state index contributed by atoms with van der Waals surface area (Å²) in [7, 11) is 0. The molecule has 0 spiro atoms. The van der Waals surface area contributed by atoms with Crippen molar-refractivity contribution in [3.63, 3.8) is 0 Å². The zero-order chi connectivity index (χ0) is 11.8. The highest BCUT2D eigenvalue weighted by Gasteiger charge is 2.20. The van der Waals surface area contributed by atoms with Crippen LogP contribution in [0, 0.1) is 12.8 Å². The number of imidazole rings is 1. The van der Waals surface area contributed by atoms with Crippen LogP contribution >= 0.6 is 0 Å². The van der Waals surface area contributed by atoms with Crippen molar-refractivity contribution in [2.24, 2.45) is 5.92 Å². The van der Waals surface area contributed by atoms with E-state index in [1.54, 1.807) is 6.33 Å². The SMILES string of the molecule is Cc1nc2ncnc(N3CCCC(C)C3)c2[nH]1. The molecule has 3 heterocycles. The summed E-state index contributed by atoms with van der Waals surface area (Å²) in [6.07, 6.45) is 4.16. The highest BCUT2D eigenvalue weighted by Crippen LogP contribution is 2.25. The molecule has 17 heavy (non-hydrogen) atoms. The molecule has 1 unspecified atom stereocenters. The van der Waals surface area contributed by atoms with Crippen LogP contribution < -0.4 is 4.90 Å². The van der Waals surface area contributed by atoms with E-state index in [-0.39, 0.29) is 0 Å². The minimum absolute atomic E-state index is 0.734. The van der Waals surface area contributed by atoms with Gasteiger partial charge in [-0.05, 0) is 25.7 Å². The molecule has 0 aliphatic carbocycles. The molecule has 1 aliphatic rings. The van der Waals surface area contributed by atoms with Crippen molar-refractivity contribution in [2.75, 3.05) is 18.0 Å². The van der Waals surface area contributed by atoms with Crippen LogP contribution in [0.3, 0.4) is 0 Å². The number of nitrogens with one attached hydrogen (secondary N) is 1. The fourth-order valence-corrected chi connectivity index (χ4v) is 2.55. The van der Waals surface area contributed by atoms with Crippen molar-refractivity contribution in [2.45, 2.75) is 26.7 Å². The first-order valence-electron chi connectivity index (χ1n) is 6.16. The molecule has 2 aromatic heterocycles. The number of anilines is 1. The number of aromatic nitrogens is 4. The molecular weight excluding hydrogens is 214 g/mol. The number of piperidine rings is 1. The predicted octanol–water partition coefficient (Wildman–Crippen LogP) is 1.90. The normalized spacial score (nSPS) is 21.1. The molecule has 1 fully saturated rings. The predicted molar refractivity (Wildman–Crippen MR) is 67.0 cm³/mol. The van der Waals surface area contributed by atoms with Gasteiger partial charge in [0.05, 0.1) is 0 Å². The molecule has 0 bridgehead atoms. The van der Waals surface area contributed by atoms with Gasteiger partial charge in [-0.2, -0.15) is 0 Å². The second-order valence-electron chi connectivity index (χ2n) is 4.91. The van der Waals surface area contributed by atoms with E-state index in [0.717, 1.165) is 41.8 Å². The van der Waals surface area contributed by atoms with Gasteiger partial charge in [-0.15, -0.1) is 0 Å². The summed E-state index contributed by atoms with van der Waals surface area (Å²) in [4.78, 5) is 18.6. The summed E-state index contributed by atoms with van der Waals surface area (Å²) < 4.78 is 0. The lowest BCUT2D eigenvalue weighted by molar-refractivity contribution is 0.445. The Morgan fingerprint density at radius 2 is 2.29 bits per heavy atom. The van der Waals surface area contributed by atoms with Crippen molar-refractivity contribution in [3.8, 4) is 0 Å². The fourth-order valence-electron chi connectivity index (χ4n) is 2.55. The smallest absolute Gasteiger partial charge is 0.183 e. The molecule has 0 saturated carbocycles. The number of hydrogen-bond donors (Lipinski definition) is 1. The van der Waals surface area contributed by atoms with E-state index in [1.807, 2.05) is 6.92 Å². The average molecular weight is 231 g/mol. The molecule has 0 radical (unpaired) electrons. The van der Waals surface area contributed by atoms with Crippen LogP contribution in [0.15, 0.2) is 6.33 Å². The Morgan fingerprint density at radius 1 is 1.41 bits per heavy atom. The van der Waals surface area contributed by atoms with Crippen molar-refractivity contribution in [1.29, 1.82) is 0 Å². The minimum Gasteiger partial charge on any atom is -0.354 e. The molecule has 0 aromatic carbocycles. The van der Waals surface area contributed by atoms with Gasteiger partial charge in [-0.25, -0.2) is 15.0 Å². The van der Waals surface area contributed by atoms with Gasteiger partial charge >= 0.3 is 0 Å². The molecule has 1 atom stereocenters. The lowest BCUT2D eigenvalue weighted by atomic mass is 10.0. The Morgan fingerprint density at radius 3 is 3.12 bits per heavy atom. The molecule has 90 valence electrons. The maximum Gasteiger partial charge on any atom is 0.183 e. The van der Waals surface area contributed by atoms with Gasteiger partial charge in [0.15, 0.2) is 11.5 Å². The summed E-state index contributed by atoms with van der Waals surface area (Å²) >= 11 is 0. The molecule has 5 nitrogen and oxygen atoms in total. The van der Waals surface area contributed by atoms with Gasteiger partial charge in [0, 0.05) is 13.1 Å². The molecule has 2 aromatic rings. The summed E-state index contributed by atoms with van der Waals surface area (Å²) in [6.45, 7) is 6.39. The third kappa shape index (κ3) is 1.85. The van der Waals surface area contributed by atoms with Crippen LogP contribution in [0.1, 0.15) is 25.6 Å². The van der Waals surface area contributed by atoms with Gasteiger partial charge < -0.3 is 9.88 Å². The highest BCUT2D eigenvalue weighted by molar-refractivity contribution is 5.83. The van der Waals surface area contributed by atoms with Crippen LogP contribution in [0.25, 0.3) is 11.2 Å². The van der Waals surface area contributed by atoms with Crippen molar-refractivity contribution in [1.82, 2.24) is 19.9 Å². The molecule has 1 aliphatic heterocycles. The van der Waals surface area contributed by atoms with E-state index in [0.29, 0.717) is 0 Å². The first kappa shape index (κ1) is 10.5. The number of aromatic amines is 1. The summed E-state index contributed by atoms with van der Waals surface area (Å²) in [5.41, 5.74) is 1.74. The molecule has 3 rings (SSSR count). The van der Waals surface area contributed by atoms with Crippen LogP contribution in [0.4, 0.5) is 5.82 Å². The van der Waals surface area contributed by atoms with Gasteiger partial charge in [0.1, 0.15) is 17.7 Å². The van der Waals surface area contributed by atoms with Crippen molar-refractivity contribution >= 4 is 17.0 Å². The number of hydrogen-bond acceptors (Lipinski definition) is 4. The van der Waals surface area contributed by atoms with Crippen LogP contribution in [0.2, 0.25) is 0 Å². The lowest BCUT2D eigenvalue weighted by Gasteiger charge is -2.31. The zero-order valence-corrected chi connectivity index (χ0v) is 10.3. The number of nitrogens with zero attached hydrogens (tertiary/aromatic N) is 4. The van der Waals surface area contributed by atoms with Gasteiger partial charge in [-0.1, -0.05) is 6.92 Å². The van der Waals surface area contributed by atoms with Crippen molar-refractivity contribution < 1.29 is 0 Å². The molecule has 0 amide bonds. The van der Waals surface area contributed by atoms with Gasteiger partial charge in [0.25, 0.3) is 0 Å². The molecular formula is C12H17N5. The zero-order valence-electron chi connectivity index (χ0n) is 10.3. The Labute approximate surface area is 100 Å². The highest BCUT2D eigenvalue weighted by atomic mass is 15.2. The van der Waals surface area contributed by atoms with E-state index in [9.17, 15) is 0 Å². The first-order valence-corrected chi connectivity index (χ1v) is 6.16. The average Bonchev–Trinajstić information content (AvgIpc) is 2.68. The first-order chi connectivity index (χ1) is 8.24. The topological polar surface area (TPSA) is 57.7 Å². The molecule has 1 N–H and O–H groups in total.